The average Bonchev–Trinajstić information content (AvgIpc) is 2.77. The molecule has 0 saturated heterocycles. The largest absolute Gasteiger partial charge is 0.497 e. The molecule has 0 radical (unpaired) electrons. The Morgan fingerprint density at radius 1 is 1.13 bits per heavy atom. The predicted octanol–water partition coefficient (Wildman–Crippen LogP) is 3.18. The minimum atomic E-state index is -0.522. The van der Waals surface area contributed by atoms with Crippen LogP contribution in [0.4, 0.5) is 0 Å². The van der Waals surface area contributed by atoms with Gasteiger partial charge in [0.05, 0.1) is 31.8 Å². The molecule has 156 valence electrons. The van der Waals surface area contributed by atoms with Gasteiger partial charge in [-0.25, -0.2) is 4.79 Å². The van der Waals surface area contributed by atoms with Crippen LogP contribution in [0.2, 0.25) is 0 Å². The van der Waals surface area contributed by atoms with Gasteiger partial charge in [-0.3, -0.25) is 9.69 Å². The summed E-state index contributed by atoms with van der Waals surface area (Å²) in [5, 5.41) is 0.794. The number of methoxy groups -OCH3 is 2. The zero-order chi connectivity index (χ0) is 21.3. The molecule has 0 fully saturated rings. The second-order valence-electron chi connectivity index (χ2n) is 7.27. The molecule has 1 aliphatic heterocycles. The summed E-state index contributed by atoms with van der Waals surface area (Å²) in [5.74, 6) is 1.04. The van der Waals surface area contributed by atoms with E-state index in [1.807, 2.05) is 43.3 Å². The summed E-state index contributed by atoms with van der Waals surface area (Å²) < 4.78 is 21.5. The molecule has 0 saturated carbocycles. The van der Waals surface area contributed by atoms with Gasteiger partial charge >= 0.3 is 11.6 Å². The molecule has 4 rings (SSSR count). The number of carbonyl (C=O) groups is 1. The predicted molar refractivity (Wildman–Crippen MR) is 111 cm³/mol. The van der Waals surface area contributed by atoms with Crippen molar-refractivity contribution in [3.63, 3.8) is 0 Å². The van der Waals surface area contributed by atoms with Crippen LogP contribution in [0.15, 0.2) is 45.6 Å². The van der Waals surface area contributed by atoms with Gasteiger partial charge in [0.25, 0.3) is 0 Å². The molecule has 0 spiro atoms. The topological polar surface area (TPSA) is 78.2 Å². The third kappa shape index (κ3) is 3.76. The lowest BCUT2D eigenvalue weighted by Crippen LogP contribution is -2.31. The average molecular weight is 409 g/mol. The van der Waals surface area contributed by atoms with E-state index in [4.69, 9.17) is 18.6 Å². The molecule has 1 aliphatic rings. The number of ether oxygens (including phenoxy) is 3. The van der Waals surface area contributed by atoms with Crippen molar-refractivity contribution >= 4 is 16.9 Å². The molecule has 2 aromatic carbocycles. The number of aryl methyl sites for hydroxylation is 1. The SMILES string of the molecule is COC(=O)Cc1c(C)c2ccc3c(c2oc1=O)CN(Cc1ccc(OC)cc1)CO3. The maximum Gasteiger partial charge on any atom is 0.340 e. The number of nitrogens with zero attached hydrogens (tertiary/aromatic N) is 1. The normalized spacial score (nSPS) is 13.6. The number of fused-ring (bicyclic) bond motifs is 3. The van der Waals surface area contributed by atoms with Crippen molar-refractivity contribution in [3.8, 4) is 11.5 Å². The first-order chi connectivity index (χ1) is 14.5. The van der Waals surface area contributed by atoms with Crippen molar-refractivity contribution in [3.05, 3.63) is 69.1 Å². The van der Waals surface area contributed by atoms with E-state index in [0.29, 0.717) is 36.7 Å². The maximum absolute atomic E-state index is 12.6. The molecule has 0 aliphatic carbocycles. The molecule has 7 nitrogen and oxygen atoms in total. The van der Waals surface area contributed by atoms with Crippen LogP contribution in [-0.4, -0.2) is 31.8 Å². The van der Waals surface area contributed by atoms with Crippen molar-refractivity contribution in [2.24, 2.45) is 0 Å². The van der Waals surface area contributed by atoms with Crippen molar-refractivity contribution < 1.29 is 23.4 Å². The van der Waals surface area contributed by atoms with E-state index in [1.54, 1.807) is 7.11 Å². The molecule has 7 heteroatoms. The fourth-order valence-corrected chi connectivity index (χ4v) is 3.72. The van der Waals surface area contributed by atoms with Crippen LogP contribution in [0.1, 0.15) is 22.3 Å². The van der Waals surface area contributed by atoms with Crippen molar-refractivity contribution in [1.82, 2.24) is 4.90 Å². The van der Waals surface area contributed by atoms with E-state index < -0.39 is 11.6 Å². The lowest BCUT2D eigenvalue weighted by molar-refractivity contribution is -0.139. The van der Waals surface area contributed by atoms with Gasteiger partial charge in [-0.05, 0) is 42.3 Å². The Kier molecular flexibility index (Phi) is 5.46. The lowest BCUT2D eigenvalue weighted by Gasteiger charge is -2.29. The standard InChI is InChI=1S/C23H23NO6/c1-14-17-8-9-20-19(22(17)30-23(26)18(14)10-21(25)28-3)12-24(13-29-20)11-15-4-6-16(27-2)7-5-15/h4-9H,10-13H2,1-3H3. The van der Waals surface area contributed by atoms with Crippen LogP contribution < -0.4 is 15.1 Å². The highest BCUT2D eigenvalue weighted by Crippen LogP contribution is 2.34. The molecule has 0 bridgehead atoms. The third-order valence-electron chi connectivity index (χ3n) is 5.41. The number of hydrogen-bond acceptors (Lipinski definition) is 7. The van der Waals surface area contributed by atoms with Crippen LogP contribution in [0.25, 0.3) is 11.0 Å². The third-order valence-corrected chi connectivity index (χ3v) is 5.41. The van der Waals surface area contributed by atoms with Crippen LogP contribution in [-0.2, 0) is 29.0 Å². The minimum absolute atomic E-state index is 0.113. The van der Waals surface area contributed by atoms with E-state index in [0.717, 1.165) is 27.8 Å². The van der Waals surface area contributed by atoms with Crippen molar-refractivity contribution in [2.45, 2.75) is 26.4 Å². The van der Waals surface area contributed by atoms with Gasteiger partial charge in [-0.1, -0.05) is 12.1 Å². The molecule has 30 heavy (non-hydrogen) atoms. The van der Waals surface area contributed by atoms with Gasteiger partial charge in [-0.2, -0.15) is 0 Å². The first-order valence-electron chi connectivity index (χ1n) is 9.63. The summed E-state index contributed by atoms with van der Waals surface area (Å²) in [5.41, 5.74) is 2.98. The van der Waals surface area contributed by atoms with Gasteiger partial charge in [0.2, 0.25) is 0 Å². The first kappa shape index (κ1) is 20.0. The Bertz CT molecular complexity index is 1150. The van der Waals surface area contributed by atoms with Gasteiger partial charge in [-0.15, -0.1) is 0 Å². The number of benzene rings is 2. The smallest absolute Gasteiger partial charge is 0.340 e. The summed E-state index contributed by atoms with van der Waals surface area (Å²) >= 11 is 0. The Hall–Kier alpha value is -3.32. The molecule has 0 amide bonds. The monoisotopic (exact) mass is 409 g/mol. The zero-order valence-electron chi connectivity index (χ0n) is 17.2. The highest BCUT2D eigenvalue weighted by Gasteiger charge is 2.24. The fraction of sp³-hybridized carbons (Fsp3) is 0.304. The molecular formula is C23H23NO6. The summed E-state index contributed by atoms with van der Waals surface area (Å²) in [7, 11) is 2.94. The van der Waals surface area contributed by atoms with Crippen LogP contribution >= 0.6 is 0 Å². The zero-order valence-corrected chi connectivity index (χ0v) is 17.2. The van der Waals surface area contributed by atoms with Crippen LogP contribution in [0.5, 0.6) is 11.5 Å². The molecule has 2 heterocycles. The Labute approximate surface area is 173 Å². The van der Waals surface area contributed by atoms with Gasteiger partial charge in [0.1, 0.15) is 23.8 Å². The second kappa shape index (κ2) is 8.20. The molecular weight excluding hydrogens is 386 g/mol. The molecule has 3 aromatic rings. The second-order valence-corrected chi connectivity index (χ2v) is 7.27. The Balaban J connectivity index is 1.66. The number of esters is 1. The minimum Gasteiger partial charge on any atom is -0.497 e. The van der Waals surface area contributed by atoms with E-state index in [2.05, 4.69) is 4.90 Å². The van der Waals surface area contributed by atoms with E-state index in [9.17, 15) is 9.59 Å². The maximum atomic E-state index is 12.6. The van der Waals surface area contributed by atoms with Crippen LogP contribution in [0, 0.1) is 6.92 Å². The van der Waals surface area contributed by atoms with Gasteiger partial charge < -0.3 is 18.6 Å². The summed E-state index contributed by atoms with van der Waals surface area (Å²) in [6, 6.07) is 11.6. The highest BCUT2D eigenvalue weighted by molar-refractivity contribution is 5.87. The summed E-state index contributed by atoms with van der Waals surface area (Å²) in [4.78, 5) is 26.4. The summed E-state index contributed by atoms with van der Waals surface area (Å²) in [6.07, 6.45) is -0.113. The number of rotatable bonds is 5. The van der Waals surface area contributed by atoms with Gasteiger partial charge in [0, 0.05) is 18.5 Å². The molecule has 1 aromatic heterocycles. The van der Waals surface area contributed by atoms with E-state index in [1.165, 1.54) is 7.11 Å². The van der Waals surface area contributed by atoms with E-state index in [-0.39, 0.29) is 6.42 Å². The quantitative estimate of drug-likeness (QED) is 0.473. The van der Waals surface area contributed by atoms with E-state index >= 15 is 0 Å². The number of hydrogen-bond donors (Lipinski definition) is 0. The molecule has 0 N–H and O–H groups in total. The first-order valence-corrected chi connectivity index (χ1v) is 9.63. The van der Waals surface area contributed by atoms with Crippen molar-refractivity contribution in [2.75, 3.05) is 21.0 Å². The van der Waals surface area contributed by atoms with Crippen molar-refractivity contribution in [1.29, 1.82) is 0 Å². The number of carbonyl (C=O) groups excluding carboxylic acids is 1. The lowest BCUT2D eigenvalue weighted by atomic mass is 10.00. The molecule has 0 unspecified atom stereocenters. The highest BCUT2D eigenvalue weighted by atomic mass is 16.5. The Morgan fingerprint density at radius 2 is 1.90 bits per heavy atom. The Morgan fingerprint density at radius 3 is 2.60 bits per heavy atom. The van der Waals surface area contributed by atoms with Crippen LogP contribution in [0.3, 0.4) is 0 Å². The molecule has 0 atom stereocenters. The summed E-state index contributed by atoms with van der Waals surface area (Å²) in [6.45, 7) is 3.53. The fourth-order valence-electron chi connectivity index (χ4n) is 3.72. The van der Waals surface area contributed by atoms with Gasteiger partial charge in [0.15, 0.2) is 0 Å².